The topological polar surface area (TPSA) is 38.9 Å². The zero-order valence-electron chi connectivity index (χ0n) is 10.2. The molecule has 0 saturated carbocycles. The molecule has 0 aliphatic carbocycles. The zero-order valence-corrected chi connectivity index (χ0v) is 10.2. The van der Waals surface area contributed by atoms with Crippen LogP contribution in [0.4, 0.5) is 5.69 Å². The number of hydrogen-bond donors (Lipinski definition) is 1. The Morgan fingerprint density at radius 2 is 1.72 bits per heavy atom. The number of aromatic nitrogens is 1. The third-order valence-corrected chi connectivity index (χ3v) is 3.25. The molecule has 2 aromatic carbocycles. The van der Waals surface area contributed by atoms with Gasteiger partial charge in [-0.3, -0.25) is 4.98 Å². The summed E-state index contributed by atoms with van der Waals surface area (Å²) in [6.07, 6.45) is 1.81. The van der Waals surface area contributed by atoms with Crippen molar-refractivity contribution in [3.63, 3.8) is 0 Å². The van der Waals surface area contributed by atoms with Crippen molar-refractivity contribution in [2.24, 2.45) is 0 Å². The van der Waals surface area contributed by atoms with Crippen molar-refractivity contribution in [2.75, 3.05) is 5.73 Å². The number of nitrogen functional groups attached to an aromatic ring is 1. The highest BCUT2D eigenvalue weighted by Gasteiger charge is 2.09. The maximum absolute atomic E-state index is 6.14. The SMILES string of the molecule is Cc1ccnc(-c2cccc3ccccc23)c1N. The molecule has 2 N–H and O–H groups in total. The second kappa shape index (κ2) is 4.15. The minimum atomic E-state index is 0.758. The Kier molecular flexibility index (Phi) is 2.49. The molecule has 3 rings (SSSR count). The Balaban J connectivity index is 2.35. The van der Waals surface area contributed by atoms with E-state index in [-0.39, 0.29) is 0 Å². The summed E-state index contributed by atoms with van der Waals surface area (Å²) in [5, 5.41) is 2.39. The van der Waals surface area contributed by atoms with Gasteiger partial charge in [0.1, 0.15) is 0 Å². The average Bonchev–Trinajstić information content (AvgIpc) is 2.41. The molecule has 0 atom stereocenters. The molecule has 0 radical (unpaired) electrons. The number of pyridine rings is 1. The van der Waals surface area contributed by atoms with Gasteiger partial charge in [-0.1, -0.05) is 42.5 Å². The van der Waals surface area contributed by atoms with Crippen LogP contribution in [-0.2, 0) is 0 Å². The van der Waals surface area contributed by atoms with Crippen molar-refractivity contribution < 1.29 is 0 Å². The number of benzene rings is 2. The molecular weight excluding hydrogens is 220 g/mol. The van der Waals surface area contributed by atoms with Gasteiger partial charge >= 0.3 is 0 Å². The molecule has 0 spiro atoms. The van der Waals surface area contributed by atoms with Crippen molar-refractivity contribution in [3.8, 4) is 11.3 Å². The fourth-order valence-corrected chi connectivity index (χ4v) is 2.22. The third-order valence-electron chi connectivity index (χ3n) is 3.25. The number of nitrogens with two attached hydrogens (primary N) is 1. The van der Waals surface area contributed by atoms with E-state index in [0.29, 0.717) is 0 Å². The molecule has 0 amide bonds. The molecule has 2 nitrogen and oxygen atoms in total. The maximum Gasteiger partial charge on any atom is 0.0940 e. The van der Waals surface area contributed by atoms with Crippen LogP contribution in [0.2, 0.25) is 0 Å². The van der Waals surface area contributed by atoms with Crippen LogP contribution < -0.4 is 5.73 Å². The summed E-state index contributed by atoms with van der Waals surface area (Å²) in [7, 11) is 0. The van der Waals surface area contributed by atoms with Crippen LogP contribution in [0.15, 0.2) is 54.7 Å². The molecule has 0 aliphatic heterocycles. The van der Waals surface area contributed by atoms with Crippen LogP contribution in [0, 0.1) is 6.92 Å². The van der Waals surface area contributed by atoms with Gasteiger partial charge in [0.05, 0.1) is 11.4 Å². The van der Waals surface area contributed by atoms with E-state index in [2.05, 4.69) is 29.2 Å². The van der Waals surface area contributed by atoms with E-state index >= 15 is 0 Å². The summed E-state index contributed by atoms with van der Waals surface area (Å²) < 4.78 is 0. The van der Waals surface area contributed by atoms with Crippen molar-refractivity contribution in [1.29, 1.82) is 0 Å². The summed E-state index contributed by atoms with van der Waals surface area (Å²) in [4.78, 5) is 4.43. The lowest BCUT2D eigenvalue weighted by atomic mass is 10.00. The van der Waals surface area contributed by atoms with Gasteiger partial charge in [-0.25, -0.2) is 0 Å². The molecule has 2 heteroatoms. The highest BCUT2D eigenvalue weighted by molar-refractivity contribution is 5.98. The van der Waals surface area contributed by atoms with Gasteiger partial charge in [0.2, 0.25) is 0 Å². The van der Waals surface area contributed by atoms with Crippen LogP contribution >= 0.6 is 0 Å². The molecule has 1 heterocycles. The largest absolute Gasteiger partial charge is 0.397 e. The van der Waals surface area contributed by atoms with Crippen LogP contribution in [0.25, 0.3) is 22.0 Å². The van der Waals surface area contributed by atoms with Gasteiger partial charge < -0.3 is 5.73 Å². The summed E-state index contributed by atoms with van der Waals surface area (Å²) in [5.41, 5.74) is 9.92. The first-order valence-corrected chi connectivity index (χ1v) is 5.96. The number of nitrogens with zero attached hydrogens (tertiary/aromatic N) is 1. The predicted octanol–water partition coefficient (Wildman–Crippen LogP) is 3.79. The summed E-state index contributed by atoms with van der Waals surface area (Å²) in [6, 6.07) is 16.4. The minimum absolute atomic E-state index is 0.758. The van der Waals surface area contributed by atoms with E-state index in [4.69, 9.17) is 5.73 Å². The van der Waals surface area contributed by atoms with Gasteiger partial charge in [0.15, 0.2) is 0 Å². The second-order valence-corrected chi connectivity index (χ2v) is 4.42. The lowest BCUT2D eigenvalue weighted by molar-refractivity contribution is 1.29. The maximum atomic E-state index is 6.14. The lowest BCUT2D eigenvalue weighted by Crippen LogP contribution is -1.96. The van der Waals surface area contributed by atoms with Crippen molar-refractivity contribution in [2.45, 2.75) is 6.92 Å². The fourth-order valence-electron chi connectivity index (χ4n) is 2.22. The summed E-state index contributed by atoms with van der Waals surface area (Å²) in [5.74, 6) is 0. The quantitative estimate of drug-likeness (QED) is 0.695. The minimum Gasteiger partial charge on any atom is -0.397 e. The lowest BCUT2D eigenvalue weighted by Gasteiger charge is -2.10. The third kappa shape index (κ3) is 1.63. The van der Waals surface area contributed by atoms with Crippen molar-refractivity contribution in [1.82, 2.24) is 4.98 Å². The highest BCUT2D eigenvalue weighted by Crippen LogP contribution is 2.31. The molecule has 0 bridgehead atoms. The Hall–Kier alpha value is -2.35. The van der Waals surface area contributed by atoms with Crippen LogP contribution in [-0.4, -0.2) is 4.98 Å². The van der Waals surface area contributed by atoms with E-state index < -0.39 is 0 Å². The molecule has 0 saturated heterocycles. The standard InChI is InChI=1S/C16H14N2/c1-11-9-10-18-16(15(11)17)14-8-4-6-12-5-2-3-7-13(12)14/h2-10H,17H2,1H3. The zero-order chi connectivity index (χ0) is 12.5. The van der Waals surface area contributed by atoms with Gasteiger partial charge in [-0.05, 0) is 29.3 Å². The Bertz CT molecular complexity index is 712. The molecule has 3 aromatic rings. The first-order valence-electron chi connectivity index (χ1n) is 5.96. The smallest absolute Gasteiger partial charge is 0.0940 e. The number of fused-ring (bicyclic) bond motifs is 1. The van der Waals surface area contributed by atoms with E-state index in [0.717, 1.165) is 22.5 Å². The van der Waals surface area contributed by atoms with Gasteiger partial charge in [0.25, 0.3) is 0 Å². The van der Waals surface area contributed by atoms with Crippen LogP contribution in [0.1, 0.15) is 5.56 Å². The molecule has 0 fully saturated rings. The summed E-state index contributed by atoms with van der Waals surface area (Å²) >= 11 is 0. The molecule has 88 valence electrons. The van der Waals surface area contributed by atoms with Crippen molar-refractivity contribution in [3.05, 3.63) is 60.3 Å². The van der Waals surface area contributed by atoms with E-state index in [1.165, 1.54) is 10.8 Å². The Morgan fingerprint density at radius 1 is 0.944 bits per heavy atom. The second-order valence-electron chi connectivity index (χ2n) is 4.42. The molecule has 0 aliphatic rings. The van der Waals surface area contributed by atoms with Gasteiger partial charge in [-0.2, -0.15) is 0 Å². The predicted molar refractivity (Wildman–Crippen MR) is 76.3 cm³/mol. The fraction of sp³-hybridized carbons (Fsp3) is 0.0625. The molecule has 18 heavy (non-hydrogen) atoms. The highest BCUT2D eigenvalue weighted by atomic mass is 14.7. The van der Waals surface area contributed by atoms with E-state index in [9.17, 15) is 0 Å². The normalized spacial score (nSPS) is 10.7. The average molecular weight is 234 g/mol. The molecule has 0 unspecified atom stereocenters. The van der Waals surface area contributed by atoms with Gasteiger partial charge in [0, 0.05) is 11.8 Å². The molecule has 1 aromatic heterocycles. The molecular formula is C16H14N2. The number of hydrogen-bond acceptors (Lipinski definition) is 2. The first-order chi connectivity index (χ1) is 8.77. The Morgan fingerprint density at radius 3 is 2.61 bits per heavy atom. The van der Waals surface area contributed by atoms with Crippen LogP contribution in [0.3, 0.4) is 0 Å². The summed E-state index contributed by atoms with van der Waals surface area (Å²) in [6.45, 7) is 2.01. The van der Waals surface area contributed by atoms with Crippen LogP contribution in [0.5, 0.6) is 0 Å². The van der Waals surface area contributed by atoms with Crippen molar-refractivity contribution >= 4 is 16.5 Å². The Labute approximate surface area is 106 Å². The number of aryl methyl sites for hydroxylation is 1. The van der Waals surface area contributed by atoms with E-state index in [1.807, 2.05) is 37.4 Å². The van der Waals surface area contributed by atoms with E-state index in [1.54, 1.807) is 0 Å². The first kappa shape index (κ1) is 10.8. The van der Waals surface area contributed by atoms with Gasteiger partial charge in [-0.15, -0.1) is 0 Å². The number of rotatable bonds is 1. The monoisotopic (exact) mass is 234 g/mol. The number of anilines is 1.